The highest BCUT2D eigenvalue weighted by Gasteiger charge is 2.15. The molecule has 0 amide bonds. The molecule has 1 aromatic rings. The minimum atomic E-state index is -2.95. The van der Waals surface area contributed by atoms with Crippen LogP contribution in [0.4, 0.5) is 5.69 Å². The van der Waals surface area contributed by atoms with Crippen LogP contribution in [0.3, 0.4) is 0 Å². The van der Waals surface area contributed by atoms with Crippen LogP contribution in [0.1, 0.15) is 12.5 Å². The molecule has 0 fully saturated rings. The van der Waals surface area contributed by atoms with Crippen LogP contribution in [0.15, 0.2) is 24.3 Å². The third kappa shape index (κ3) is 3.21. The molecular formula is C9H14NO2P. The van der Waals surface area contributed by atoms with Gasteiger partial charge in [-0.25, -0.2) is 0 Å². The van der Waals surface area contributed by atoms with Crippen molar-refractivity contribution >= 4 is 13.1 Å². The minimum Gasteiger partial charge on any atom is -0.399 e. The van der Waals surface area contributed by atoms with Crippen LogP contribution in [0.25, 0.3) is 0 Å². The monoisotopic (exact) mass is 199 g/mol. The largest absolute Gasteiger partial charge is 0.399 e. The maximum Gasteiger partial charge on any atom is 0.204 e. The molecule has 3 N–H and O–H groups in total. The molecule has 1 rings (SSSR count). The average molecular weight is 199 g/mol. The van der Waals surface area contributed by atoms with Gasteiger partial charge < -0.3 is 10.6 Å². The van der Waals surface area contributed by atoms with E-state index < -0.39 is 7.37 Å². The first kappa shape index (κ1) is 10.3. The summed E-state index contributed by atoms with van der Waals surface area (Å²) in [7, 11) is -2.95. The van der Waals surface area contributed by atoms with E-state index in [1.54, 1.807) is 31.2 Å². The molecule has 0 heterocycles. The Bertz CT molecular complexity index is 321. The summed E-state index contributed by atoms with van der Waals surface area (Å²) in [4.78, 5) is 9.37. The van der Waals surface area contributed by atoms with Crippen LogP contribution in [0.5, 0.6) is 0 Å². The summed E-state index contributed by atoms with van der Waals surface area (Å²) in [6.45, 7) is 1.72. The summed E-state index contributed by atoms with van der Waals surface area (Å²) < 4.78 is 11.4. The molecule has 0 saturated heterocycles. The highest BCUT2D eigenvalue weighted by Crippen LogP contribution is 2.43. The molecule has 0 aliphatic carbocycles. The van der Waals surface area contributed by atoms with Crippen molar-refractivity contribution in [3.8, 4) is 0 Å². The third-order valence-electron chi connectivity index (χ3n) is 1.90. The van der Waals surface area contributed by atoms with Gasteiger partial charge in [-0.15, -0.1) is 0 Å². The highest BCUT2D eigenvalue weighted by molar-refractivity contribution is 7.57. The van der Waals surface area contributed by atoms with Gasteiger partial charge in [0.25, 0.3) is 0 Å². The molecular weight excluding hydrogens is 185 g/mol. The molecule has 0 saturated carbocycles. The lowest BCUT2D eigenvalue weighted by molar-refractivity contribution is 0.478. The number of hydrogen-bond donors (Lipinski definition) is 2. The predicted octanol–water partition coefficient (Wildman–Crippen LogP) is 2.06. The Balaban J connectivity index is 2.75. The van der Waals surface area contributed by atoms with E-state index >= 15 is 0 Å². The maximum atomic E-state index is 11.4. The predicted molar refractivity (Wildman–Crippen MR) is 54.9 cm³/mol. The first-order chi connectivity index (χ1) is 6.03. The Morgan fingerprint density at radius 3 is 2.38 bits per heavy atom. The van der Waals surface area contributed by atoms with Gasteiger partial charge in [0.2, 0.25) is 7.37 Å². The zero-order valence-corrected chi connectivity index (χ0v) is 8.50. The lowest BCUT2D eigenvalue weighted by Gasteiger charge is -2.08. The van der Waals surface area contributed by atoms with E-state index in [0.717, 1.165) is 5.56 Å². The Morgan fingerprint density at radius 1 is 1.38 bits per heavy atom. The van der Waals surface area contributed by atoms with Gasteiger partial charge in [-0.1, -0.05) is 19.1 Å². The fourth-order valence-corrected chi connectivity index (χ4v) is 2.03. The quantitative estimate of drug-likeness (QED) is 0.578. The van der Waals surface area contributed by atoms with Crippen LogP contribution < -0.4 is 5.73 Å². The lowest BCUT2D eigenvalue weighted by Crippen LogP contribution is -1.91. The van der Waals surface area contributed by atoms with Gasteiger partial charge in [0.05, 0.1) is 0 Å². The van der Waals surface area contributed by atoms with Crippen LogP contribution >= 0.6 is 7.37 Å². The number of nitrogens with two attached hydrogens (primary N) is 1. The van der Waals surface area contributed by atoms with Gasteiger partial charge in [-0.2, -0.15) is 0 Å². The Hall–Kier alpha value is -0.790. The van der Waals surface area contributed by atoms with Crippen molar-refractivity contribution in [2.75, 3.05) is 11.9 Å². The van der Waals surface area contributed by atoms with Crippen LogP contribution in [-0.2, 0) is 10.7 Å². The molecule has 72 valence electrons. The summed E-state index contributed by atoms with van der Waals surface area (Å²) in [6, 6.07) is 7.05. The molecule has 1 unspecified atom stereocenters. The first-order valence-corrected chi connectivity index (χ1v) is 6.22. The first-order valence-electron chi connectivity index (χ1n) is 4.19. The van der Waals surface area contributed by atoms with Crippen molar-refractivity contribution in [2.45, 2.75) is 13.1 Å². The van der Waals surface area contributed by atoms with Crippen molar-refractivity contribution in [1.82, 2.24) is 0 Å². The highest BCUT2D eigenvalue weighted by atomic mass is 31.2. The second-order valence-corrected chi connectivity index (χ2v) is 5.70. The summed E-state index contributed by atoms with van der Waals surface area (Å²) in [6.07, 6.45) is 0.557. The van der Waals surface area contributed by atoms with Gasteiger partial charge in [-0.05, 0) is 17.7 Å². The van der Waals surface area contributed by atoms with Crippen LogP contribution in [-0.4, -0.2) is 11.1 Å². The standard InChI is InChI=1S/C9H14NO2P/c1-2-13(11,12)7-8-3-5-9(10)6-4-8/h3-6H,2,7,10H2,1H3,(H,11,12). The molecule has 0 bridgehead atoms. The van der Waals surface area contributed by atoms with E-state index in [2.05, 4.69) is 0 Å². The van der Waals surface area contributed by atoms with E-state index in [4.69, 9.17) is 5.73 Å². The molecule has 1 atom stereocenters. The molecule has 0 aliphatic rings. The fraction of sp³-hybridized carbons (Fsp3) is 0.333. The second-order valence-electron chi connectivity index (χ2n) is 3.06. The van der Waals surface area contributed by atoms with E-state index in [9.17, 15) is 9.46 Å². The molecule has 0 aromatic heterocycles. The normalized spacial score (nSPS) is 15.2. The van der Waals surface area contributed by atoms with Gasteiger partial charge in [0.15, 0.2) is 0 Å². The number of hydrogen-bond acceptors (Lipinski definition) is 2. The van der Waals surface area contributed by atoms with E-state index in [-0.39, 0.29) is 6.16 Å². The maximum absolute atomic E-state index is 11.4. The number of nitrogen functional groups attached to an aromatic ring is 1. The Kier molecular flexibility index (Phi) is 3.12. The number of rotatable bonds is 3. The van der Waals surface area contributed by atoms with Gasteiger partial charge >= 0.3 is 0 Å². The van der Waals surface area contributed by atoms with Crippen molar-refractivity contribution in [3.05, 3.63) is 29.8 Å². The van der Waals surface area contributed by atoms with E-state index in [0.29, 0.717) is 11.8 Å². The zero-order valence-electron chi connectivity index (χ0n) is 7.60. The lowest BCUT2D eigenvalue weighted by atomic mass is 10.2. The van der Waals surface area contributed by atoms with Gasteiger partial charge in [-0.3, -0.25) is 4.57 Å². The molecule has 13 heavy (non-hydrogen) atoms. The fourth-order valence-electron chi connectivity index (χ4n) is 1.02. The molecule has 0 aliphatic heterocycles. The van der Waals surface area contributed by atoms with Crippen molar-refractivity contribution in [3.63, 3.8) is 0 Å². The summed E-state index contributed by atoms with van der Waals surface area (Å²) in [5.41, 5.74) is 7.03. The summed E-state index contributed by atoms with van der Waals surface area (Å²) in [5, 5.41) is 0. The molecule has 4 heteroatoms. The third-order valence-corrected chi connectivity index (χ3v) is 3.75. The number of benzene rings is 1. The van der Waals surface area contributed by atoms with Crippen molar-refractivity contribution < 1.29 is 9.46 Å². The smallest absolute Gasteiger partial charge is 0.204 e. The van der Waals surface area contributed by atoms with E-state index in [1.807, 2.05) is 0 Å². The van der Waals surface area contributed by atoms with Crippen LogP contribution in [0.2, 0.25) is 0 Å². The van der Waals surface area contributed by atoms with Gasteiger partial charge in [0.1, 0.15) is 0 Å². The second kappa shape index (κ2) is 3.95. The molecule has 0 spiro atoms. The van der Waals surface area contributed by atoms with Crippen molar-refractivity contribution in [1.29, 1.82) is 0 Å². The summed E-state index contributed by atoms with van der Waals surface area (Å²) in [5.74, 6) is 0. The summed E-state index contributed by atoms with van der Waals surface area (Å²) >= 11 is 0. The zero-order chi connectivity index (χ0) is 9.90. The molecule has 1 aromatic carbocycles. The number of anilines is 1. The van der Waals surface area contributed by atoms with E-state index in [1.165, 1.54) is 0 Å². The van der Waals surface area contributed by atoms with Crippen LogP contribution in [0, 0.1) is 0 Å². The Labute approximate surface area is 78.0 Å². The topological polar surface area (TPSA) is 63.3 Å². The SMILES string of the molecule is CCP(=O)(O)Cc1ccc(N)cc1. The molecule has 3 nitrogen and oxygen atoms in total. The van der Waals surface area contributed by atoms with Crippen molar-refractivity contribution in [2.24, 2.45) is 0 Å². The minimum absolute atomic E-state index is 0.240. The molecule has 0 radical (unpaired) electrons. The van der Waals surface area contributed by atoms with Gasteiger partial charge in [0, 0.05) is 18.0 Å². The Morgan fingerprint density at radius 2 is 1.92 bits per heavy atom. The average Bonchev–Trinajstić information content (AvgIpc) is 2.09.